The molecule has 0 aromatic heterocycles. The molecule has 2 aliphatic rings. The van der Waals surface area contributed by atoms with Crippen LogP contribution in [0.15, 0.2) is 60.7 Å². The Hall–Kier alpha value is -5.68. The number of likely N-dealkylation sites (tertiary alicyclic amines) is 2. The second-order valence-electron chi connectivity index (χ2n) is 17.9. The number of hydrogen-bond acceptors (Lipinski definition) is 10. The van der Waals surface area contributed by atoms with Gasteiger partial charge in [0, 0.05) is 32.4 Å². The first-order chi connectivity index (χ1) is 31.5. The van der Waals surface area contributed by atoms with Crippen molar-refractivity contribution in [2.45, 2.75) is 160 Å². The first-order valence-corrected chi connectivity index (χ1v) is 23.5. The molecule has 10 atom stereocenters. The van der Waals surface area contributed by atoms with Gasteiger partial charge in [-0.3, -0.25) is 38.4 Å². The number of carbonyl (C=O) groups is 8. The number of ketones is 1. The molecule has 0 radical (unpaired) electrons. The molecule has 66 heavy (non-hydrogen) atoms. The van der Waals surface area contributed by atoms with E-state index < -0.39 is 77.9 Å². The predicted molar refractivity (Wildman–Crippen MR) is 252 cm³/mol. The first-order valence-electron chi connectivity index (χ1n) is 23.5. The van der Waals surface area contributed by atoms with Crippen molar-refractivity contribution in [3.63, 3.8) is 0 Å². The Kier molecular flexibility index (Phi) is 20.7. The number of rotatable bonds is 24. The Labute approximate surface area is 390 Å². The lowest BCUT2D eigenvalue weighted by molar-refractivity contribution is -0.142. The molecule has 362 valence electrons. The van der Waals surface area contributed by atoms with Crippen LogP contribution in [0.4, 0.5) is 0 Å². The fourth-order valence-corrected chi connectivity index (χ4v) is 8.51. The van der Waals surface area contributed by atoms with Crippen molar-refractivity contribution >= 4 is 47.1 Å². The van der Waals surface area contributed by atoms with Crippen molar-refractivity contribution in [2.24, 2.45) is 0 Å². The minimum atomic E-state index is -1.16. The predicted octanol–water partition coefficient (Wildman–Crippen LogP) is 2.36. The first kappa shape index (κ1) is 52.9. The summed E-state index contributed by atoms with van der Waals surface area (Å²) < 4.78 is 0. The van der Waals surface area contributed by atoms with Crippen LogP contribution in [0, 0.1) is 0 Å². The summed E-state index contributed by atoms with van der Waals surface area (Å²) in [6.45, 7) is 11.1. The van der Waals surface area contributed by atoms with Crippen molar-refractivity contribution in [3.8, 4) is 0 Å². The molecule has 0 spiro atoms. The van der Waals surface area contributed by atoms with Crippen molar-refractivity contribution < 1.29 is 38.4 Å². The highest BCUT2D eigenvalue weighted by Crippen LogP contribution is 2.26. The molecule has 2 aromatic rings. The average Bonchev–Trinajstić information content (AvgIpc) is 4.02. The lowest BCUT2D eigenvalue weighted by Crippen LogP contribution is -2.62. The quantitative estimate of drug-likeness (QED) is 0.0762. The maximum atomic E-state index is 14.2. The molecule has 7 N–H and O–H groups in total. The molecule has 7 amide bonds. The SMILES string of the molecule is CN[C@@H](C)C(=O)N[C@H](C(=O)N1CCC[C@H]1C(=O)C[C@H](C)c1ccccc1)[C@H](C)NC(=O)CCCCC(=O)N[C@@H](C)[C@H](NC(=O)[C@H](C)NC)C(=O)N1CCC[C@H]1C(=O)N[C@H](C)c1ccccc1. The number of unbranched alkanes of at least 4 members (excludes halogenated alkanes) is 1. The van der Waals surface area contributed by atoms with Gasteiger partial charge in [-0.05, 0) is 104 Å². The standard InChI is InChI=1S/C49H73N9O8/c1-30(36-19-11-9-12-20-36)29-40(59)38-23-17-27-57(38)48(65)43(55-45(62)34(5)50-7)32(3)52-41(60)25-15-16-26-42(61)53-33(4)44(56-46(63)35(6)51-8)49(66)58-28-18-24-39(58)47(64)54-31(2)37-21-13-10-14-22-37/h9-14,19-22,30-35,38-39,43-44,50-51H,15-18,23-29H2,1-8H3,(H,52,60)(H,53,61)(H,54,64)(H,55,62)(H,56,63)/t30-,31+,32-,33-,34-,35-,38-,39-,43-,44-/m0/s1. The lowest BCUT2D eigenvalue weighted by atomic mass is 9.92. The zero-order chi connectivity index (χ0) is 48.5. The third-order valence-electron chi connectivity index (χ3n) is 12.9. The van der Waals surface area contributed by atoms with E-state index >= 15 is 0 Å². The molecule has 4 rings (SSSR count). The maximum absolute atomic E-state index is 14.2. The Bertz CT molecular complexity index is 1830. The highest BCUT2D eigenvalue weighted by molar-refractivity contribution is 5.96. The third kappa shape index (κ3) is 14.9. The van der Waals surface area contributed by atoms with Gasteiger partial charge in [-0.2, -0.15) is 0 Å². The van der Waals surface area contributed by atoms with E-state index in [9.17, 15) is 38.4 Å². The minimum absolute atomic E-state index is 0.0212. The van der Waals surface area contributed by atoms with Gasteiger partial charge >= 0.3 is 0 Å². The topological polar surface area (TPSA) is 227 Å². The Morgan fingerprint density at radius 1 is 0.561 bits per heavy atom. The summed E-state index contributed by atoms with van der Waals surface area (Å²) in [5, 5.41) is 20.0. The smallest absolute Gasteiger partial charge is 0.247 e. The normalized spacial score (nSPS) is 19.5. The highest BCUT2D eigenvalue weighted by atomic mass is 16.2. The summed E-state index contributed by atoms with van der Waals surface area (Å²) in [6, 6.07) is 12.3. The summed E-state index contributed by atoms with van der Waals surface area (Å²) in [4.78, 5) is 111. The van der Waals surface area contributed by atoms with Gasteiger partial charge in [0.25, 0.3) is 0 Å². The van der Waals surface area contributed by atoms with E-state index in [0.717, 1.165) is 11.1 Å². The van der Waals surface area contributed by atoms with Crippen molar-refractivity contribution in [1.82, 2.24) is 47.0 Å². The van der Waals surface area contributed by atoms with Crippen LogP contribution in [0.2, 0.25) is 0 Å². The van der Waals surface area contributed by atoms with Gasteiger partial charge in [-0.25, -0.2) is 0 Å². The van der Waals surface area contributed by atoms with Gasteiger partial charge < -0.3 is 47.0 Å². The van der Waals surface area contributed by atoms with Crippen LogP contribution in [0.3, 0.4) is 0 Å². The molecule has 17 heteroatoms. The van der Waals surface area contributed by atoms with Crippen LogP contribution in [0.25, 0.3) is 0 Å². The van der Waals surface area contributed by atoms with E-state index in [1.807, 2.05) is 74.5 Å². The van der Waals surface area contributed by atoms with Gasteiger partial charge in [0.15, 0.2) is 5.78 Å². The number of likely N-dealkylation sites (N-methyl/N-ethyl adjacent to an activating group) is 2. The van der Waals surface area contributed by atoms with Crippen molar-refractivity contribution in [3.05, 3.63) is 71.8 Å². The molecule has 2 heterocycles. The van der Waals surface area contributed by atoms with Gasteiger partial charge in [-0.15, -0.1) is 0 Å². The van der Waals surface area contributed by atoms with E-state index in [-0.39, 0.29) is 48.8 Å². The Balaban J connectivity index is 1.33. The number of hydrogen-bond donors (Lipinski definition) is 7. The zero-order valence-electron chi connectivity index (χ0n) is 40.0. The van der Waals surface area contributed by atoms with Crippen LogP contribution in [-0.4, -0.2) is 132 Å². The molecule has 0 bridgehead atoms. The molecule has 0 saturated carbocycles. The molecular weight excluding hydrogens is 843 g/mol. The zero-order valence-corrected chi connectivity index (χ0v) is 40.0. The monoisotopic (exact) mass is 916 g/mol. The van der Waals surface area contributed by atoms with Gasteiger partial charge in [0.1, 0.15) is 18.1 Å². The second kappa shape index (κ2) is 25.9. The molecule has 17 nitrogen and oxygen atoms in total. The number of carbonyl (C=O) groups excluding carboxylic acids is 8. The molecule has 2 aliphatic heterocycles. The van der Waals surface area contributed by atoms with Crippen LogP contribution < -0.4 is 37.2 Å². The average molecular weight is 916 g/mol. The maximum Gasteiger partial charge on any atom is 0.247 e. The van der Waals surface area contributed by atoms with Gasteiger partial charge in [0.2, 0.25) is 41.4 Å². The highest BCUT2D eigenvalue weighted by Gasteiger charge is 2.42. The summed E-state index contributed by atoms with van der Waals surface area (Å²) in [6.07, 6.45) is 3.13. The molecule has 0 unspecified atom stereocenters. The number of Topliss-reactive ketones (excluding diaryl/α,β-unsaturated/α-hetero) is 1. The van der Waals surface area contributed by atoms with E-state index in [4.69, 9.17) is 0 Å². The van der Waals surface area contributed by atoms with Crippen LogP contribution >= 0.6 is 0 Å². The summed E-state index contributed by atoms with van der Waals surface area (Å²) in [5.74, 6) is -2.97. The van der Waals surface area contributed by atoms with E-state index in [1.54, 1.807) is 41.8 Å². The number of amides is 7. The number of nitrogens with zero attached hydrogens (tertiary/aromatic N) is 2. The largest absolute Gasteiger partial charge is 0.351 e. The van der Waals surface area contributed by atoms with Crippen molar-refractivity contribution in [2.75, 3.05) is 27.2 Å². The van der Waals surface area contributed by atoms with E-state index in [2.05, 4.69) is 37.2 Å². The molecule has 0 aliphatic carbocycles. The molecular formula is C49H73N9O8. The molecule has 2 fully saturated rings. The van der Waals surface area contributed by atoms with E-state index in [1.165, 1.54) is 9.80 Å². The van der Waals surface area contributed by atoms with Crippen LogP contribution in [0.5, 0.6) is 0 Å². The lowest BCUT2D eigenvalue weighted by Gasteiger charge is -2.33. The Morgan fingerprint density at radius 2 is 0.985 bits per heavy atom. The van der Waals surface area contributed by atoms with Crippen LogP contribution in [0.1, 0.15) is 122 Å². The summed E-state index contributed by atoms with van der Waals surface area (Å²) in [5.41, 5.74) is 1.95. The number of nitrogens with one attached hydrogen (secondary N) is 7. The fourth-order valence-electron chi connectivity index (χ4n) is 8.51. The van der Waals surface area contributed by atoms with Gasteiger partial charge in [0.05, 0.1) is 36.3 Å². The molecule has 2 saturated heterocycles. The second-order valence-corrected chi connectivity index (χ2v) is 17.9. The van der Waals surface area contributed by atoms with E-state index in [0.29, 0.717) is 51.6 Å². The number of benzene rings is 2. The third-order valence-corrected chi connectivity index (χ3v) is 12.9. The van der Waals surface area contributed by atoms with Crippen LogP contribution in [-0.2, 0) is 38.4 Å². The fraction of sp³-hybridized carbons (Fsp3) is 0.592. The Morgan fingerprint density at radius 3 is 1.44 bits per heavy atom. The summed E-state index contributed by atoms with van der Waals surface area (Å²) in [7, 11) is 3.24. The minimum Gasteiger partial charge on any atom is -0.351 e. The summed E-state index contributed by atoms with van der Waals surface area (Å²) >= 11 is 0. The molecule has 2 aromatic carbocycles. The van der Waals surface area contributed by atoms with Gasteiger partial charge in [-0.1, -0.05) is 67.6 Å². The van der Waals surface area contributed by atoms with Crippen molar-refractivity contribution in [1.29, 1.82) is 0 Å².